The summed E-state index contributed by atoms with van der Waals surface area (Å²) in [6.07, 6.45) is 0.426. The van der Waals surface area contributed by atoms with Crippen LogP contribution < -0.4 is 4.90 Å². The fourth-order valence-electron chi connectivity index (χ4n) is 4.12. The third-order valence-corrected chi connectivity index (χ3v) is 5.98. The molecule has 11 nitrogen and oxygen atoms in total. The van der Waals surface area contributed by atoms with Crippen LogP contribution in [0.4, 0.5) is 5.82 Å². The second kappa shape index (κ2) is 10.00. The summed E-state index contributed by atoms with van der Waals surface area (Å²) in [4.78, 5) is 57.0. The monoisotopic (exact) mass is 478 g/mol. The van der Waals surface area contributed by atoms with Gasteiger partial charge in [0.1, 0.15) is 5.82 Å². The number of imide groups is 1. The number of fused-ring (bicyclic) bond motifs is 1. The molecule has 2 aliphatic heterocycles. The van der Waals surface area contributed by atoms with Gasteiger partial charge < -0.3 is 4.74 Å². The van der Waals surface area contributed by atoms with Crippen LogP contribution in [0.2, 0.25) is 0 Å². The molecule has 2 aliphatic rings. The topological polar surface area (TPSA) is 125 Å². The lowest BCUT2D eigenvalue weighted by Gasteiger charge is -2.21. The van der Waals surface area contributed by atoms with Gasteiger partial charge in [0.15, 0.2) is 12.1 Å². The number of aromatic nitrogens is 1. The van der Waals surface area contributed by atoms with Gasteiger partial charge in [-0.1, -0.05) is 23.4 Å². The second-order valence-corrected chi connectivity index (χ2v) is 8.40. The minimum absolute atomic E-state index is 0.113. The standard InChI is InChI=1S/C24H26N6O5/c1-15-7-4-10-18(25-15)28(2)22(32)17-9-5-8-16(13-17)14-30-21-20(26-27-30)23(33)29(24(21)34)12-6-11-19(31)35-3/h4-5,7-10,13,20-21H,6,11-12,14H2,1-3H3/t20-,21+/m1/s1. The van der Waals surface area contributed by atoms with Gasteiger partial charge in [-0.05, 0) is 43.2 Å². The molecule has 0 N–H and O–H groups in total. The van der Waals surface area contributed by atoms with Crippen molar-refractivity contribution in [3.63, 3.8) is 0 Å². The number of carbonyl (C=O) groups is 4. The van der Waals surface area contributed by atoms with Gasteiger partial charge in [-0.3, -0.25) is 34.0 Å². The number of hydrogen-bond donors (Lipinski definition) is 0. The number of ether oxygens (including phenoxy) is 1. The fourth-order valence-corrected chi connectivity index (χ4v) is 4.12. The SMILES string of the molecule is COC(=O)CCCN1C(=O)[C@@H]2[C@@H](N=NN2Cc2cccc(C(=O)N(C)c3cccc(C)n3)c2)C1=O. The first-order chi connectivity index (χ1) is 16.8. The van der Waals surface area contributed by atoms with Crippen LogP contribution in [-0.2, 0) is 25.7 Å². The maximum atomic E-state index is 13.0. The van der Waals surface area contributed by atoms with Crippen molar-refractivity contribution < 1.29 is 23.9 Å². The highest BCUT2D eigenvalue weighted by molar-refractivity contribution is 6.09. The molecule has 35 heavy (non-hydrogen) atoms. The van der Waals surface area contributed by atoms with Crippen LogP contribution in [-0.4, -0.2) is 71.4 Å². The van der Waals surface area contributed by atoms with Crippen molar-refractivity contribution in [3.05, 3.63) is 59.3 Å². The van der Waals surface area contributed by atoms with E-state index in [1.54, 1.807) is 31.3 Å². The number of likely N-dealkylation sites (tertiary alicyclic amines) is 1. The number of aryl methyl sites for hydroxylation is 1. The minimum Gasteiger partial charge on any atom is -0.469 e. The van der Waals surface area contributed by atoms with E-state index >= 15 is 0 Å². The molecule has 0 unspecified atom stereocenters. The number of carbonyl (C=O) groups excluding carboxylic acids is 4. The summed E-state index contributed by atoms with van der Waals surface area (Å²) in [6, 6.07) is 10.7. The maximum absolute atomic E-state index is 13.0. The van der Waals surface area contributed by atoms with Crippen LogP contribution in [0.1, 0.15) is 34.5 Å². The van der Waals surface area contributed by atoms with Gasteiger partial charge in [-0.2, -0.15) is 5.11 Å². The first kappa shape index (κ1) is 24.0. The average Bonchev–Trinajstić information content (AvgIpc) is 3.37. The van der Waals surface area contributed by atoms with Crippen molar-refractivity contribution in [2.75, 3.05) is 25.6 Å². The lowest BCUT2D eigenvalue weighted by atomic mass is 10.1. The highest BCUT2D eigenvalue weighted by atomic mass is 16.5. The van der Waals surface area contributed by atoms with E-state index in [-0.39, 0.29) is 25.4 Å². The largest absolute Gasteiger partial charge is 0.469 e. The van der Waals surface area contributed by atoms with Crippen molar-refractivity contribution >= 4 is 29.5 Å². The van der Waals surface area contributed by atoms with Gasteiger partial charge in [0.25, 0.3) is 17.7 Å². The molecule has 3 heterocycles. The van der Waals surface area contributed by atoms with E-state index in [1.807, 2.05) is 25.1 Å². The molecule has 1 aromatic heterocycles. The van der Waals surface area contributed by atoms with E-state index in [2.05, 4.69) is 20.1 Å². The highest BCUT2D eigenvalue weighted by Gasteiger charge is 2.53. The molecule has 0 radical (unpaired) electrons. The normalized spacial score (nSPS) is 18.7. The molecule has 0 bridgehead atoms. The quantitative estimate of drug-likeness (QED) is 0.419. The number of esters is 1. The first-order valence-corrected chi connectivity index (χ1v) is 11.2. The number of nitrogens with zero attached hydrogens (tertiary/aromatic N) is 6. The Bertz CT molecular complexity index is 1200. The molecule has 1 aromatic carbocycles. The molecule has 182 valence electrons. The zero-order valence-electron chi connectivity index (χ0n) is 19.7. The van der Waals surface area contributed by atoms with Gasteiger partial charge in [-0.15, -0.1) is 0 Å². The summed E-state index contributed by atoms with van der Waals surface area (Å²) in [5, 5.41) is 9.54. The molecule has 3 amide bonds. The lowest BCUT2D eigenvalue weighted by molar-refractivity contribution is -0.143. The predicted molar refractivity (Wildman–Crippen MR) is 124 cm³/mol. The van der Waals surface area contributed by atoms with E-state index in [9.17, 15) is 19.2 Å². The summed E-state index contributed by atoms with van der Waals surface area (Å²) >= 11 is 0. The Hall–Kier alpha value is -4.15. The number of amides is 3. The molecule has 2 aromatic rings. The van der Waals surface area contributed by atoms with Crippen molar-refractivity contribution in [1.29, 1.82) is 0 Å². The zero-order chi connectivity index (χ0) is 25.1. The van der Waals surface area contributed by atoms with E-state index in [4.69, 9.17) is 0 Å². The molecular weight excluding hydrogens is 452 g/mol. The third-order valence-electron chi connectivity index (χ3n) is 5.98. The van der Waals surface area contributed by atoms with Crippen LogP contribution in [0.5, 0.6) is 0 Å². The van der Waals surface area contributed by atoms with Crippen molar-refractivity contribution in [3.8, 4) is 0 Å². The van der Waals surface area contributed by atoms with Crippen molar-refractivity contribution in [2.24, 2.45) is 10.3 Å². The van der Waals surface area contributed by atoms with Gasteiger partial charge in [0.05, 0.1) is 13.7 Å². The Morgan fingerprint density at radius 2 is 1.89 bits per heavy atom. The molecule has 0 aliphatic carbocycles. The Balaban J connectivity index is 1.44. The second-order valence-electron chi connectivity index (χ2n) is 8.40. The first-order valence-electron chi connectivity index (χ1n) is 11.2. The highest BCUT2D eigenvalue weighted by Crippen LogP contribution is 2.30. The molecule has 2 atom stereocenters. The third kappa shape index (κ3) is 4.88. The zero-order valence-corrected chi connectivity index (χ0v) is 19.7. The van der Waals surface area contributed by atoms with E-state index in [1.165, 1.54) is 17.0 Å². The van der Waals surface area contributed by atoms with Crippen LogP contribution in [0, 0.1) is 6.92 Å². The number of hydrogen-bond acceptors (Lipinski definition) is 9. The molecule has 1 saturated heterocycles. The number of methoxy groups -OCH3 is 1. The van der Waals surface area contributed by atoms with E-state index in [0.29, 0.717) is 17.8 Å². The molecular formula is C24H26N6O5. The number of benzene rings is 1. The summed E-state index contributed by atoms with van der Waals surface area (Å²) in [7, 11) is 2.95. The average molecular weight is 479 g/mol. The smallest absolute Gasteiger partial charge is 0.305 e. The van der Waals surface area contributed by atoms with Gasteiger partial charge >= 0.3 is 5.97 Å². The molecule has 11 heteroatoms. The van der Waals surface area contributed by atoms with E-state index in [0.717, 1.165) is 16.2 Å². The minimum atomic E-state index is -0.899. The fraction of sp³-hybridized carbons (Fsp3) is 0.375. The summed E-state index contributed by atoms with van der Waals surface area (Å²) in [5.74, 6) is -0.905. The number of rotatable bonds is 8. The Morgan fingerprint density at radius 3 is 2.63 bits per heavy atom. The Labute approximate surface area is 202 Å². The van der Waals surface area contributed by atoms with Crippen molar-refractivity contribution in [2.45, 2.75) is 38.4 Å². The summed E-state index contributed by atoms with van der Waals surface area (Å²) in [6.45, 7) is 2.18. The lowest BCUT2D eigenvalue weighted by Crippen LogP contribution is -2.39. The number of anilines is 1. The Morgan fingerprint density at radius 1 is 1.11 bits per heavy atom. The summed E-state index contributed by atoms with van der Waals surface area (Å²) in [5.41, 5.74) is 2.00. The molecule has 4 rings (SSSR count). The molecule has 1 fully saturated rings. The maximum Gasteiger partial charge on any atom is 0.305 e. The van der Waals surface area contributed by atoms with Gasteiger partial charge in [0, 0.05) is 31.3 Å². The van der Waals surface area contributed by atoms with E-state index < -0.39 is 29.9 Å². The van der Waals surface area contributed by atoms with Gasteiger partial charge in [0.2, 0.25) is 0 Å². The van der Waals surface area contributed by atoms with Crippen molar-refractivity contribution in [1.82, 2.24) is 14.9 Å². The molecule has 0 saturated carbocycles. The Kier molecular flexibility index (Phi) is 6.85. The van der Waals surface area contributed by atoms with Crippen LogP contribution in [0.3, 0.4) is 0 Å². The van der Waals surface area contributed by atoms with Crippen LogP contribution in [0.15, 0.2) is 52.8 Å². The molecule has 0 spiro atoms. The van der Waals surface area contributed by atoms with Crippen LogP contribution in [0.25, 0.3) is 0 Å². The predicted octanol–water partition coefficient (Wildman–Crippen LogP) is 1.91. The van der Waals surface area contributed by atoms with Crippen LogP contribution >= 0.6 is 0 Å². The summed E-state index contributed by atoms with van der Waals surface area (Å²) < 4.78 is 4.60. The van der Waals surface area contributed by atoms with Gasteiger partial charge in [-0.25, -0.2) is 4.98 Å². The number of pyridine rings is 1.